The molecule has 0 amide bonds. The molecular formula is C18H22N4S2. The molecule has 0 aliphatic heterocycles. The minimum Gasteiger partial charge on any atom is -0.363 e. The van der Waals surface area contributed by atoms with Crippen molar-refractivity contribution in [2.75, 3.05) is 5.32 Å². The van der Waals surface area contributed by atoms with Crippen LogP contribution in [0.3, 0.4) is 0 Å². The monoisotopic (exact) mass is 358 g/mol. The van der Waals surface area contributed by atoms with Gasteiger partial charge in [-0.15, -0.1) is 11.3 Å². The van der Waals surface area contributed by atoms with E-state index in [2.05, 4.69) is 45.2 Å². The number of nitrogens with one attached hydrogen (secondary N) is 1. The van der Waals surface area contributed by atoms with Gasteiger partial charge in [0.15, 0.2) is 5.82 Å². The predicted molar refractivity (Wildman–Crippen MR) is 106 cm³/mol. The first-order valence-corrected chi connectivity index (χ1v) is 9.88. The Labute approximate surface area is 150 Å². The largest absolute Gasteiger partial charge is 0.363 e. The van der Waals surface area contributed by atoms with Gasteiger partial charge in [-0.3, -0.25) is 4.68 Å². The van der Waals surface area contributed by atoms with Gasteiger partial charge in [0.1, 0.15) is 4.83 Å². The van der Waals surface area contributed by atoms with Crippen LogP contribution in [0.2, 0.25) is 0 Å². The highest BCUT2D eigenvalue weighted by atomic mass is 32.1. The second-order valence-corrected chi connectivity index (χ2v) is 7.28. The maximum Gasteiger partial charge on any atom is 0.166 e. The van der Waals surface area contributed by atoms with E-state index < -0.39 is 0 Å². The number of rotatable bonds is 3. The molecule has 0 fully saturated rings. The second-order valence-electron chi connectivity index (χ2n) is 5.50. The van der Waals surface area contributed by atoms with Crippen molar-refractivity contribution in [1.82, 2.24) is 14.8 Å². The summed E-state index contributed by atoms with van der Waals surface area (Å²) in [6.07, 6.45) is 0. The Bertz CT molecular complexity index is 964. The first-order chi connectivity index (χ1) is 11.6. The van der Waals surface area contributed by atoms with E-state index in [9.17, 15) is 0 Å². The lowest BCUT2D eigenvalue weighted by Gasteiger charge is -2.01. The third-order valence-corrected chi connectivity index (χ3v) is 5.60. The van der Waals surface area contributed by atoms with Gasteiger partial charge in [-0.1, -0.05) is 13.8 Å². The summed E-state index contributed by atoms with van der Waals surface area (Å²) in [4.78, 5) is 5.79. The van der Waals surface area contributed by atoms with Crippen molar-refractivity contribution in [3.8, 4) is 0 Å². The number of nitrogens with zero attached hydrogens (tertiary/aromatic N) is 3. The summed E-state index contributed by atoms with van der Waals surface area (Å²) in [5.74, 6) is 0.948. The van der Waals surface area contributed by atoms with Crippen LogP contribution in [0, 0.1) is 13.8 Å². The van der Waals surface area contributed by atoms with Crippen molar-refractivity contribution in [3.05, 3.63) is 39.7 Å². The van der Waals surface area contributed by atoms with Gasteiger partial charge >= 0.3 is 0 Å². The lowest BCUT2D eigenvalue weighted by molar-refractivity contribution is 0.799. The number of hydrogen-bond acceptors (Lipinski definition) is 5. The van der Waals surface area contributed by atoms with Crippen LogP contribution in [-0.4, -0.2) is 14.8 Å². The predicted octanol–water partition coefficient (Wildman–Crippen LogP) is 5.50. The average Bonchev–Trinajstić information content (AvgIpc) is 3.25. The molecule has 126 valence electrons. The molecule has 4 nitrogen and oxygen atoms in total. The minimum atomic E-state index is 0.801. The Hall–Kier alpha value is -1.92. The molecule has 0 saturated carbocycles. The molecule has 24 heavy (non-hydrogen) atoms. The van der Waals surface area contributed by atoms with Crippen LogP contribution in [-0.2, 0) is 13.6 Å². The van der Waals surface area contributed by atoms with Gasteiger partial charge in [0, 0.05) is 24.7 Å². The Kier molecular flexibility index (Phi) is 4.87. The van der Waals surface area contributed by atoms with Gasteiger partial charge in [-0.25, -0.2) is 4.98 Å². The Morgan fingerprint density at radius 1 is 1.25 bits per heavy atom. The van der Waals surface area contributed by atoms with E-state index in [0.717, 1.165) is 22.9 Å². The van der Waals surface area contributed by atoms with Gasteiger partial charge in [0.2, 0.25) is 0 Å². The lowest BCUT2D eigenvalue weighted by Crippen LogP contribution is -2.00. The summed E-state index contributed by atoms with van der Waals surface area (Å²) in [5, 5.41) is 13.6. The molecule has 6 heteroatoms. The van der Waals surface area contributed by atoms with Crippen molar-refractivity contribution in [3.63, 3.8) is 0 Å². The molecule has 1 N–H and O–H groups in total. The highest BCUT2D eigenvalue weighted by molar-refractivity contribution is 7.26. The molecule has 0 radical (unpaired) electrons. The maximum atomic E-state index is 4.69. The zero-order valence-electron chi connectivity index (χ0n) is 14.7. The van der Waals surface area contributed by atoms with Gasteiger partial charge in [-0.2, -0.15) is 16.4 Å². The number of aromatic nitrogens is 3. The summed E-state index contributed by atoms with van der Waals surface area (Å²) in [7, 11) is 2.00. The fourth-order valence-electron chi connectivity index (χ4n) is 2.83. The molecule has 4 aromatic rings. The van der Waals surface area contributed by atoms with E-state index in [0.29, 0.717) is 0 Å². The summed E-state index contributed by atoms with van der Waals surface area (Å²) in [6.45, 7) is 8.99. The average molecular weight is 359 g/mol. The molecule has 0 atom stereocenters. The number of fused-ring (bicyclic) bond motifs is 3. The standard InChI is InChI=1S/C16H16N4S2.C2H6/c1-9-6-10(2)18-16-12(9)13-14(22-16)15(19-20(13)3)17-7-11-4-5-21-8-11;1-2/h4-6,8H,7H2,1-3H3,(H,17,19);1-2H3. The number of hydrogen-bond donors (Lipinski definition) is 1. The number of aryl methyl sites for hydroxylation is 3. The van der Waals surface area contributed by atoms with Crippen LogP contribution in [0.1, 0.15) is 30.7 Å². The van der Waals surface area contributed by atoms with Crippen LogP contribution in [0.25, 0.3) is 20.4 Å². The van der Waals surface area contributed by atoms with Gasteiger partial charge < -0.3 is 5.32 Å². The number of anilines is 1. The molecule has 4 rings (SSSR count). The molecule has 0 unspecified atom stereocenters. The third kappa shape index (κ3) is 2.91. The number of thiophene rings is 2. The van der Waals surface area contributed by atoms with Crippen molar-refractivity contribution in [2.24, 2.45) is 7.05 Å². The van der Waals surface area contributed by atoms with Crippen LogP contribution >= 0.6 is 22.7 Å². The zero-order valence-corrected chi connectivity index (χ0v) is 16.3. The quantitative estimate of drug-likeness (QED) is 0.526. The van der Waals surface area contributed by atoms with Crippen LogP contribution < -0.4 is 5.32 Å². The fraction of sp³-hybridized carbons (Fsp3) is 0.333. The number of pyridine rings is 1. The molecular weight excluding hydrogens is 336 g/mol. The molecule has 0 aliphatic carbocycles. The SMILES string of the molecule is CC.Cc1cc(C)c2c(n1)sc1c(NCc3ccsc3)nn(C)c12. The summed E-state index contributed by atoms with van der Waals surface area (Å²) in [6, 6.07) is 4.28. The second kappa shape index (κ2) is 6.91. The third-order valence-electron chi connectivity index (χ3n) is 3.79. The highest BCUT2D eigenvalue weighted by Gasteiger charge is 2.17. The van der Waals surface area contributed by atoms with Crippen LogP contribution in [0.15, 0.2) is 22.9 Å². The Morgan fingerprint density at radius 3 is 2.75 bits per heavy atom. The lowest BCUT2D eigenvalue weighted by atomic mass is 10.1. The van der Waals surface area contributed by atoms with Crippen molar-refractivity contribution in [1.29, 1.82) is 0 Å². The Balaban J connectivity index is 0.000000815. The molecule has 4 heterocycles. The summed E-state index contributed by atoms with van der Waals surface area (Å²) in [5.41, 5.74) is 4.80. The molecule has 0 spiro atoms. The molecule has 4 aromatic heterocycles. The molecule has 0 saturated heterocycles. The van der Waals surface area contributed by atoms with E-state index >= 15 is 0 Å². The first kappa shape index (κ1) is 16.9. The van der Waals surface area contributed by atoms with Gasteiger partial charge in [0.05, 0.1) is 10.2 Å². The molecule has 0 bridgehead atoms. The van der Waals surface area contributed by atoms with E-state index in [1.54, 1.807) is 22.7 Å². The van der Waals surface area contributed by atoms with Crippen molar-refractivity contribution < 1.29 is 0 Å². The topological polar surface area (TPSA) is 42.7 Å². The van der Waals surface area contributed by atoms with Gasteiger partial charge in [-0.05, 0) is 47.9 Å². The Morgan fingerprint density at radius 2 is 2.04 bits per heavy atom. The zero-order chi connectivity index (χ0) is 17.3. The maximum absolute atomic E-state index is 4.69. The van der Waals surface area contributed by atoms with Crippen molar-refractivity contribution in [2.45, 2.75) is 34.2 Å². The van der Waals surface area contributed by atoms with E-state index in [4.69, 9.17) is 0 Å². The molecule has 0 aromatic carbocycles. The summed E-state index contributed by atoms with van der Waals surface area (Å²) >= 11 is 3.44. The van der Waals surface area contributed by atoms with Gasteiger partial charge in [0.25, 0.3) is 0 Å². The van der Waals surface area contributed by atoms with E-state index in [1.165, 1.54) is 26.7 Å². The van der Waals surface area contributed by atoms with Crippen LogP contribution in [0.4, 0.5) is 5.82 Å². The van der Waals surface area contributed by atoms with Crippen LogP contribution in [0.5, 0.6) is 0 Å². The normalized spacial score (nSPS) is 10.9. The smallest absolute Gasteiger partial charge is 0.166 e. The minimum absolute atomic E-state index is 0.801. The van der Waals surface area contributed by atoms with Crippen molar-refractivity contribution >= 4 is 48.9 Å². The summed E-state index contributed by atoms with van der Waals surface area (Å²) < 4.78 is 3.16. The van der Waals surface area contributed by atoms with E-state index in [-0.39, 0.29) is 0 Å². The first-order valence-electron chi connectivity index (χ1n) is 8.12. The van der Waals surface area contributed by atoms with E-state index in [1.807, 2.05) is 32.5 Å². The molecule has 0 aliphatic rings. The fourth-order valence-corrected chi connectivity index (χ4v) is 4.78. The highest BCUT2D eigenvalue weighted by Crippen LogP contribution is 2.38.